The van der Waals surface area contributed by atoms with Gasteiger partial charge in [-0.2, -0.15) is 0 Å². The predicted octanol–water partition coefficient (Wildman–Crippen LogP) is 6.34. The van der Waals surface area contributed by atoms with E-state index >= 15 is 0 Å². The van der Waals surface area contributed by atoms with Crippen molar-refractivity contribution in [2.24, 2.45) is 0 Å². The molecule has 2 aromatic rings. The second-order valence-corrected chi connectivity index (χ2v) is 11.0. The summed E-state index contributed by atoms with van der Waals surface area (Å²) >= 11 is 0. The van der Waals surface area contributed by atoms with E-state index in [4.69, 9.17) is 9.47 Å². The van der Waals surface area contributed by atoms with Crippen LogP contribution in [0.15, 0.2) is 42.5 Å². The Morgan fingerprint density at radius 1 is 0.944 bits per heavy atom. The van der Waals surface area contributed by atoms with Gasteiger partial charge in [-0.3, -0.25) is 4.79 Å². The highest BCUT2D eigenvalue weighted by atomic mass is 16.6. The molecule has 2 bridgehead atoms. The fourth-order valence-electron chi connectivity index (χ4n) is 5.98. The molecule has 3 heterocycles. The highest BCUT2D eigenvalue weighted by Gasteiger charge is 2.47. The molecule has 7 heteroatoms. The third-order valence-corrected chi connectivity index (χ3v) is 7.54. The molecule has 192 valence electrons. The molecule has 2 amide bonds. The third kappa shape index (κ3) is 4.40. The second-order valence-electron chi connectivity index (χ2n) is 11.0. The van der Waals surface area contributed by atoms with E-state index in [0.717, 1.165) is 42.8 Å². The summed E-state index contributed by atoms with van der Waals surface area (Å²) in [5, 5.41) is 0. The molecule has 5 rings (SSSR count). The molecule has 0 radical (unpaired) electrons. The van der Waals surface area contributed by atoms with Crippen LogP contribution in [0, 0.1) is 0 Å². The molecule has 3 aliphatic rings. The zero-order valence-corrected chi connectivity index (χ0v) is 22.0. The quantitative estimate of drug-likeness (QED) is 0.499. The standard InChI is InChI=1S/C29H37N3O4/c1-6-30(7-2)27(33)19-12-15-24-26(16-19)35-25-11-9-8-10-23(25)32(24)22-17-20-13-14-21(18-22)31(20)28(34)36-29(3,4)5/h8-12,15-16,20-22H,6-7,13-14,17-18H2,1-5H3/t20-,21+,22?. The van der Waals surface area contributed by atoms with Crippen LogP contribution in [0.2, 0.25) is 0 Å². The Labute approximate surface area is 214 Å². The molecule has 0 aliphatic carbocycles. The number of ether oxygens (including phenoxy) is 2. The van der Waals surface area contributed by atoms with Gasteiger partial charge in [0.05, 0.1) is 11.4 Å². The number of carbonyl (C=O) groups is 2. The van der Waals surface area contributed by atoms with E-state index in [-0.39, 0.29) is 30.1 Å². The number of rotatable bonds is 4. The third-order valence-electron chi connectivity index (χ3n) is 7.54. The monoisotopic (exact) mass is 491 g/mol. The van der Waals surface area contributed by atoms with Crippen molar-refractivity contribution in [3.63, 3.8) is 0 Å². The number of fused-ring (bicyclic) bond motifs is 4. The van der Waals surface area contributed by atoms with Crippen LogP contribution in [0.4, 0.5) is 16.2 Å². The van der Waals surface area contributed by atoms with Gasteiger partial charge >= 0.3 is 6.09 Å². The first kappa shape index (κ1) is 24.5. The molecular weight excluding hydrogens is 454 g/mol. The Bertz CT molecular complexity index is 1140. The lowest BCUT2D eigenvalue weighted by Crippen LogP contribution is -2.53. The Kier molecular flexibility index (Phi) is 6.35. The number of nitrogens with zero attached hydrogens (tertiary/aromatic N) is 3. The first-order valence-corrected chi connectivity index (χ1v) is 13.2. The van der Waals surface area contributed by atoms with Crippen LogP contribution in [-0.4, -0.2) is 58.6 Å². The van der Waals surface area contributed by atoms with E-state index in [1.54, 1.807) is 0 Å². The van der Waals surface area contributed by atoms with Gasteiger partial charge in [0.2, 0.25) is 0 Å². The summed E-state index contributed by atoms with van der Waals surface area (Å²) in [6.07, 6.45) is 3.52. The van der Waals surface area contributed by atoms with Gasteiger partial charge in [-0.1, -0.05) is 12.1 Å². The first-order chi connectivity index (χ1) is 17.2. The smallest absolute Gasteiger partial charge is 0.410 e. The number of para-hydroxylation sites is 2. The normalized spacial score (nSPS) is 22.4. The van der Waals surface area contributed by atoms with Crippen molar-refractivity contribution < 1.29 is 19.1 Å². The predicted molar refractivity (Wildman–Crippen MR) is 140 cm³/mol. The van der Waals surface area contributed by atoms with Crippen molar-refractivity contribution in [2.75, 3.05) is 18.0 Å². The number of piperidine rings is 1. The number of benzene rings is 2. The molecule has 0 N–H and O–H groups in total. The Hall–Kier alpha value is -3.22. The fourth-order valence-corrected chi connectivity index (χ4v) is 5.98. The van der Waals surface area contributed by atoms with E-state index in [9.17, 15) is 9.59 Å². The minimum Gasteiger partial charge on any atom is -0.453 e. The minimum absolute atomic E-state index is 0.0144. The summed E-state index contributed by atoms with van der Waals surface area (Å²) in [5.41, 5.74) is 2.13. The van der Waals surface area contributed by atoms with Crippen LogP contribution in [0.5, 0.6) is 11.5 Å². The van der Waals surface area contributed by atoms with E-state index in [1.165, 1.54) is 0 Å². The van der Waals surface area contributed by atoms with Gasteiger partial charge in [0.1, 0.15) is 5.60 Å². The van der Waals surface area contributed by atoms with Crippen molar-refractivity contribution in [1.82, 2.24) is 9.80 Å². The van der Waals surface area contributed by atoms with Crippen molar-refractivity contribution >= 4 is 23.4 Å². The number of anilines is 2. The van der Waals surface area contributed by atoms with Crippen LogP contribution >= 0.6 is 0 Å². The summed E-state index contributed by atoms with van der Waals surface area (Å²) in [4.78, 5) is 32.2. The second kappa shape index (κ2) is 9.34. The number of amides is 2. The largest absolute Gasteiger partial charge is 0.453 e. The Morgan fingerprint density at radius 2 is 1.58 bits per heavy atom. The maximum atomic E-state index is 13.0. The maximum absolute atomic E-state index is 13.0. The molecule has 0 saturated carbocycles. The van der Waals surface area contributed by atoms with Crippen molar-refractivity contribution in [2.45, 2.75) is 84.0 Å². The van der Waals surface area contributed by atoms with Crippen LogP contribution < -0.4 is 9.64 Å². The molecule has 2 fully saturated rings. The van der Waals surface area contributed by atoms with Gasteiger partial charge in [-0.25, -0.2) is 4.79 Å². The SMILES string of the molecule is CCN(CC)C(=O)c1ccc2c(c1)Oc1ccccc1N2C1C[C@H]2CC[C@@H](C1)N2C(=O)OC(C)(C)C. The number of hydrogen-bond acceptors (Lipinski definition) is 5. The van der Waals surface area contributed by atoms with Crippen molar-refractivity contribution in [3.8, 4) is 11.5 Å². The number of carbonyl (C=O) groups excluding carboxylic acids is 2. The zero-order chi connectivity index (χ0) is 25.6. The van der Waals surface area contributed by atoms with Gasteiger partial charge in [0.25, 0.3) is 5.91 Å². The molecule has 7 nitrogen and oxygen atoms in total. The lowest BCUT2D eigenvalue weighted by atomic mass is 9.94. The zero-order valence-electron chi connectivity index (χ0n) is 22.0. The van der Waals surface area contributed by atoms with E-state index < -0.39 is 5.60 Å². The summed E-state index contributed by atoms with van der Waals surface area (Å²) in [5.74, 6) is 1.51. The molecular formula is C29H37N3O4. The Morgan fingerprint density at radius 3 is 2.22 bits per heavy atom. The molecule has 3 aliphatic heterocycles. The summed E-state index contributed by atoms with van der Waals surface area (Å²) in [6, 6.07) is 14.4. The van der Waals surface area contributed by atoms with E-state index in [1.807, 2.05) is 80.8 Å². The lowest BCUT2D eigenvalue weighted by Gasteiger charge is -2.45. The van der Waals surface area contributed by atoms with Gasteiger partial charge in [0, 0.05) is 36.8 Å². The summed E-state index contributed by atoms with van der Waals surface area (Å²) in [7, 11) is 0. The topological polar surface area (TPSA) is 62.3 Å². The average Bonchev–Trinajstić information content (AvgIpc) is 3.11. The maximum Gasteiger partial charge on any atom is 0.410 e. The molecule has 2 aromatic carbocycles. The van der Waals surface area contributed by atoms with Crippen molar-refractivity contribution in [3.05, 3.63) is 48.0 Å². The van der Waals surface area contributed by atoms with Crippen LogP contribution in [0.3, 0.4) is 0 Å². The fraction of sp³-hybridized carbons (Fsp3) is 0.517. The highest BCUT2D eigenvalue weighted by Crippen LogP contribution is 2.51. The molecule has 2 saturated heterocycles. The lowest BCUT2D eigenvalue weighted by molar-refractivity contribution is 0.00612. The highest BCUT2D eigenvalue weighted by molar-refractivity contribution is 5.96. The summed E-state index contributed by atoms with van der Waals surface area (Å²) < 4.78 is 12.1. The van der Waals surface area contributed by atoms with Gasteiger partial charge in [0.15, 0.2) is 11.5 Å². The summed E-state index contributed by atoms with van der Waals surface area (Å²) in [6.45, 7) is 11.1. The van der Waals surface area contributed by atoms with Crippen molar-refractivity contribution in [1.29, 1.82) is 0 Å². The van der Waals surface area contributed by atoms with E-state index in [0.29, 0.717) is 24.4 Å². The molecule has 0 aromatic heterocycles. The average molecular weight is 492 g/mol. The number of hydrogen-bond donors (Lipinski definition) is 0. The molecule has 36 heavy (non-hydrogen) atoms. The molecule has 0 spiro atoms. The van der Waals surface area contributed by atoms with E-state index in [2.05, 4.69) is 11.0 Å². The minimum atomic E-state index is -0.504. The van der Waals surface area contributed by atoms with Crippen LogP contribution in [0.1, 0.15) is 70.7 Å². The van der Waals surface area contributed by atoms with Gasteiger partial charge in [-0.05, 0) is 90.6 Å². The Balaban J connectivity index is 1.46. The van der Waals surface area contributed by atoms with Crippen LogP contribution in [0.25, 0.3) is 0 Å². The van der Waals surface area contributed by atoms with Gasteiger partial charge < -0.3 is 24.2 Å². The molecule has 3 atom stereocenters. The van der Waals surface area contributed by atoms with Gasteiger partial charge in [-0.15, -0.1) is 0 Å². The molecule has 1 unspecified atom stereocenters. The van der Waals surface area contributed by atoms with Crippen LogP contribution in [-0.2, 0) is 4.74 Å². The first-order valence-electron chi connectivity index (χ1n) is 13.2.